The molecule has 0 spiro atoms. The molecule has 30 heavy (non-hydrogen) atoms. The first-order valence-corrected chi connectivity index (χ1v) is 11.1. The Balaban J connectivity index is 1.99. The Morgan fingerprint density at radius 2 is 1.43 bits per heavy atom. The third-order valence-corrected chi connectivity index (χ3v) is 5.22. The molecule has 2 N–H and O–H groups in total. The fourth-order valence-electron chi connectivity index (χ4n) is 3.44. The number of aliphatic hydroxyl groups excluding tert-OH is 1. The first-order valence-electron chi connectivity index (χ1n) is 11.1. The van der Waals surface area contributed by atoms with Gasteiger partial charge in [-0.3, -0.25) is 14.4 Å². The summed E-state index contributed by atoms with van der Waals surface area (Å²) in [6, 6.07) is 0. The molecule has 0 aromatic heterocycles. The quantitative estimate of drug-likeness (QED) is 0.181. The number of carbonyl (C=O) groups is 3. The Bertz CT molecular complexity index is 657. The van der Waals surface area contributed by atoms with E-state index in [-0.39, 0.29) is 23.5 Å². The van der Waals surface area contributed by atoms with E-state index < -0.39 is 17.5 Å². The summed E-state index contributed by atoms with van der Waals surface area (Å²) in [5, 5.41) is 18.4. The zero-order valence-electron chi connectivity index (χ0n) is 18.2. The monoisotopic (exact) mass is 420 g/mol. The molecule has 0 saturated heterocycles. The van der Waals surface area contributed by atoms with Gasteiger partial charge in [-0.25, -0.2) is 0 Å². The minimum absolute atomic E-state index is 0.00206. The minimum atomic E-state index is -0.705. The summed E-state index contributed by atoms with van der Waals surface area (Å²) in [7, 11) is 1.34. The van der Waals surface area contributed by atoms with Gasteiger partial charge in [0.15, 0.2) is 11.5 Å². The number of methoxy groups -OCH3 is 1. The standard InChI is InChI=1S/C24H36O6/c1-30-21-18-20(25)23(28)19(24(21)29)16-14-12-10-8-6-4-2-3-5-7-9-11-13-15-17-22(26)27/h2-3,18,28H,4-17H2,1H3,(H,26,27)/b3-2-. The highest BCUT2D eigenvalue weighted by Crippen LogP contribution is 2.23. The Morgan fingerprint density at radius 1 is 0.900 bits per heavy atom. The lowest BCUT2D eigenvalue weighted by molar-refractivity contribution is -0.137. The summed E-state index contributed by atoms with van der Waals surface area (Å²) in [5.41, 5.74) is 0.171. The van der Waals surface area contributed by atoms with Crippen molar-refractivity contribution in [2.75, 3.05) is 7.11 Å². The number of hydrogen-bond acceptors (Lipinski definition) is 5. The number of ketones is 2. The summed E-state index contributed by atoms with van der Waals surface area (Å²) in [4.78, 5) is 34.2. The number of carboxylic acid groups (broad SMARTS) is 1. The van der Waals surface area contributed by atoms with E-state index in [0.717, 1.165) is 83.1 Å². The predicted octanol–water partition coefficient (Wildman–Crippen LogP) is 5.58. The molecule has 0 radical (unpaired) electrons. The maximum atomic E-state index is 12.1. The van der Waals surface area contributed by atoms with Crippen LogP contribution in [0.2, 0.25) is 0 Å². The molecule has 1 aliphatic rings. The van der Waals surface area contributed by atoms with Crippen molar-refractivity contribution in [1.82, 2.24) is 0 Å². The van der Waals surface area contributed by atoms with E-state index in [0.29, 0.717) is 6.42 Å². The number of ether oxygens (including phenoxy) is 1. The van der Waals surface area contributed by atoms with Gasteiger partial charge < -0.3 is 14.9 Å². The zero-order valence-corrected chi connectivity index (χ0v) is 18.2. The molecule has 0 unspecified atom stereocenters. The second-order valence-corrected chi connectivity index (χ2v) is 7.71. The first kappa shape index (κ1) is 25.7. The van der Waals surface area contributed by atoms with E-state index in [1.54, 1.807) is 0 Å². The summed E-state index contributed by atoms with van der Waals surface area (Å²) in [5.74, 6) is -2.10. The molecule has 0 amide bonds. The van der Waals surface area contributed by atoms with Crippen LogP contribution >= 0.6 is 0 Å². The molecule has 1 aliphatic carbocycles. The molecule has 168 valence electrons. The Labute approximate surface area is 179 Å². The van der Waals surface area contributed by atoms with Gasteiger partial charge in [0.1, 0.15) is 0 Å². The molecule has 1 rings (SSSR count). The van der Waals surface area contributed by atoms with Crippen molar-refractivity contribution in [2.24, 2.45) is 0 Å². The second kappa shape index (κ2) is 15.5. The summed E-state index contributed by atoms with van der Waals surface area (Å²) < 4.78 is 4.91. The fraction of sp³-hybridized carbons (Fsp3) is 0.625. The number of aliphatic hydroxyl groups is 1. The number of hydrogen-bond donors (Lipinski definition) is 2. The molecular weight excluding hydrogens is 384 g/mol. The smallest absolute Gasteiger partial charge is 0.303 e. The van der Waals surface area contributed by atoms with Crippen molar-refractivity contribution < 1.29 is 29.3 Å². The number of rotatable bonds is 17. The Morgan fingerprint density at radius 3 is 2.00 bits per heavy atom. The van der Waals surface area contributed by atoms with E-state index in [4.69, 9.17) is 9.84 Å². The maximum Gasteiger partial charge on any atom is 0.303 e. The lowest BCUT2D eigenvalue weighted by Gasteiger charge is -2.14. The van der Waals surface area contributed by atoms with Gasteiger partial charge in [0, 0.05) is 18.1 Å². The van der Waals surface area contributed by atoms with E-state index in [1.165, 1.54) is 7.11 Å². The molecule has 0 atom stereocenters. The topological polar surface area (TPSA) is 101 Å². The van der Waals surface area contributed by atoms with E-state index in [9.17, 15) is 19.5 Å². The van der Waals surface area contributed by atoms with Crippen molar-refractivity contribution in [3.05, 3.63) is 35.3 Å². The Kier molecular flexibility index (Phi) is 13.2. The largest absolute Gasteiger partial charge is 0.504 e. The van der Waals surface area contributed by atoms with E-state index in [1.807, 2.05) is 0 Å². The van der Waals surface area contributed by atoms with E-state index >= 15 is 0 Å². The van der Waals surface area contributed by atoms with Crippen molar-refractivity contribution in [3.63, 3.8) is 0 Å². The third kappa shape index (κ3) is 10.4. The molecule has 0 bridgehead atoms. The molecule has 0 saturated carbocycles. The second-order valence-electron chi connectivity index (χ2n) is 7.71. The number of Topliss-reactive ketones (excluding diaryl/α,β-unsaturated/α-hetero) is 1. The molecule has 0 heterocycles. The van der Waals surface area contributed by atoms with Crippen molar-refractivity contribution in [1.29, 1.82) is 0 Å². The highest BCUT2D eigenvalue weighted by Gasteiger charge is 2.28. The van der Waals surface area contributed by atoms with Gasteiger partial charge in [-0.2, -0.15) is 0 Å². The maximum absolute atomic E-state index is 12.1. The van der Waals surface area contributed by atoms with Crippen LogP contribution in [0.25, 0.3) is 0 Å². The number of carboxylic acids is 1. The molecule has 0 aromatic rings. The molecule has 0 aliphatic heterocycles. The summed E-state index contributed by atoms with van der Waals surface area (Å²) in [6.07, 6.45) is 18.6. The van der Waals surface area contributed by atoms with Gasteiger partial charge >= 0.3 is 5.97 Å². The molecule has 0 fully saturated rings. The zero-order chi connectivity index (χ0) is 22.2. The van der Waals surface area contributed by atoms with Crippen molar-refractivity contribution >= 4 is 17.5 Å². The SMILES string of the molecule is COC1=CC(=O)C(O)=C(CCCCCCC/C=C\CCCCCCCC(=O)O)C1=O. The van der Waals surface area contributed by atoms with Crippen LogP contribution in [0.5, 0.6) is 0 Å². The number of carbonyl (C=O) groups excluding carboxylic acids is 2. The van der Waals surface area contributed by atoms with Crippen molar-refractivity contribution in [3.8, 4) is 0 Å². The predicted molar refractivity (Wildman–Crippen MR) is 116 cm³/mol. The number of allylic oxidation sites excluding steroid dienone is 4. The van der Waals surface area contributed by atoms with Crippen LogP contribution in [0, 0.1) is 0 Å². The molecule has 6 heteroatoms. The van der Waals surface area contributed by atoms with Gasteiger partial charge in [-0.05, 0) is 44.9 Å². The average Bonchev–Trinajstić information content (AvgIpc) is 2.72. The van der Waals surface area contributed by atoms with Crippen molar-refractivity contribution in [2.45, 2.75) is 89.9 Å². The van der Waals surface area contributed by atoms with Gasteiger partial charge in [0.05, 0.1) is 7.11 Å². The van der Waals surface area contributed by atoms with Crippen LogP contribution in [0.4, 0.5) is 0 Å². The van der Waals surface area contributed by atoms with E-state index in [2.05, 4.69) is 12.2 Å². The fourth-order valence-corrected chi connectivity index (χ4v) is 3.44. The minimum Gasteiger partial charge on any atom is -0.504 e. The van der Waals surface area contributed by atoms with Gasteiger partial charge in [-0.15, -0.1) is 0 Å². The normalized spacial score (nSPS) is 14.5. The molecule has 6 nitrogen and oxygen atoms in total. The van der Waals surface area contributed by atoms with Crippen LogP contribution in [0.15, 0.2) is 35.3 Å². The highest BCUT2D eigenvalue weighted by molar-refractivity contribution is 6.20. The third-order valence-electron chi connectivity index (χ3n) is 5.22. The summed E-state index contributed by atoms with van der Waals surface area (Å²) in [6.45, 7) is 0. The first-order chi connectivity index (χ1) is 14.5. The Hall–Kier alpha value is -2.37. The average molecular weight is 421 g/mol. The van der Waals surface area contributed by atoms with Gasteiger partial charge in [0.25, 0.3) is 0 Å². The summed E-state index contributed by atoms with van der Waals surface area (Å²) >= 11 is 0. The number of unbranched alkanes of at least 4 members (excludes halogenated alkanes) is 10. The molecular formula is C24H36O6. The van der Waals surface area contributed by atoms with Crippen LogP contribution < -0.4 is 0 Å². The lowest BCUT2D eigenvalue weighted by atomic mass is 9.94. The van der Waals surface area contributed by atoms with Crippen LogP contribution in [0.1, 0.15) is 89.9 Å². The van der Waals surface area contributed by atoms with Crippen LogP contribution in [-0.4, -0.2) is 34.9 Å². The lowest BCUT2D eigenvalue weighted by Crippen LogP contribution is -2.20. The van der Waals surface area contributed by atoms with Gasteiger partial charge in [-0.1, -0.05) is 50.7 Å². The number of aliphatic carboxylic acids is 1. The van der Waals surface area contributed by atoms with Crippen LogP contribution in [-0.2, 0) is 19.1 Å². The molecule has 0 aromatic carbocycles. The van der Waals surface area contributed by atoms with Gasteiger partial charge in [0.2, 0.25) is 11.6 Å². The van der Waals surface area contributed by atoms with Crippen LogP contribution in [0.3, 0.4) is 0 Å². The highest BCUT2D eigenvalue weighted by atomic mass is 16.5.